The molecule has 1 atom stereocenters. The highest BCUT2D eigenvalue weighted by molar-refractivity contribution is 6.17. The van der Waals surface area contributed by atoms with Gasteiger partial charge in [-0.1, -0.05) is 39.8 Å². The van der Waals surface area contributed by atoms with E-state index in [4.69, 9.17) is 0 Å². The highest BCUT2D eigenvalue weighted by Gasteiger charge is 2.30. The zero-order valence-electron chi connectivity index (χ0n) is 12.8. The smallest absolute Gasteiger partial charge is 0.186 e. The highest BCUT2D eigenvalue weighted by atomic mass is 16.1. The minimum absolute atomic E-state index is 0.0109. The summed E-state index contributed by atoms with van der Waals surface area (Å²) in [5.41, 5.74) is 0.211. The molecule has 0 radical (unpaired) electrons. The lowest BCUT2D eigenvalue weighted by molar-refractivity contribution is -0.120. The first-order valence-corrected chi connectivity index (χ1v) is 7.09. The molecule has 0 spiro atoms. The number of aromatic nitrogens is 3. The number of hydrogen-bond donors (Lipinski definition) is 0. The summed E-state index contributed by atoms with van der Waals surface area (Å²) < 4.78 is 1.59. The van der Waals surface area contributed by atoms with E-state index in [0.717, 1.165) is 19.3 Å². The lowest BCUT2D eigenvalue weighted by Crippen LogP contribution is -2.27. The van der Waals surface area contributed by atoms with Gasteiger partial charge in [0, 0.05) is 5.41 Å². The standard InChI is InChI=1S/C16H23N3O/c1-15(2,3)14(20)13(19-12-17-11-18-19)10-16(4)8-6-5-7-9-16/h5-6,10-12H,7-9H2,1-4H3. The normalized spacial score (nSPS) is 23.9. The van der Waals surface area contributed by atoms with E-state index in [-0.39, 0.29) is 11.2 Å². The van der Waals surface area contributed by atoms with Gasteiger partial charge in [-0.25, -0.2) is 9.67 Å². The van der Waals surface area contributed by atoms with Crippen LogP contribution in [0.15, 0.2) is 30.9 Å². The van der Waals surface area contributed by atoms with Crippen LogP contribution in [0.3, 0.4) is 0 Å². The van der Waals surface area contributed by atoms with Crippen LogP contribution in [0.5, 0.6) is 0 Å². The summed E-state index contributed by atoms with van der Waals surface area (Å²) in [6.07, 6.45) is 12.6. The fourth-order valence-electron chi connectivity index (χ4n) is 2.40. The molecule has 1 aliphatic carbocycles. The van der Waals surface area contributed by atoms with Crippen LogP contribution in [0.1, 0.15) is 47.0 Å². The molecule has 1 aromatic rings. The third-order valence-corrected chi connectivity index (χ3v) is 3.70. The molecule has 1 unspecified atom stereocenters. The molecule has 0 bridgehead atoms. The summed E-state index contributed by atoms with van der Waals surface area (Å²) in [5.74, 6) is 0.0961. The first kappa shape index (κ1) is 14.7. The van der Waals surface area contributed by atoms with E-state index < -0.39 is 5.41 Å². The zero-order valence-corrected chi connectivity index (χ0v) is 12.8. The largest absolute Gasteiger partial charge is 0.292 e. The fourth-order valence-corrected chi connectivity index (χ4v) is 2.40. The van der Waals surface area contributed by atoms with Gasteiger partial charge in [0.1, 0.15) is 18.4 Å². The van der Waals surface area contributed by atoms with Crippen molar-refractivity contribution in [2.75, 3.05) is 0 Å². The van der Waals surface area contributed by atoms with Gasteiger partial charge in [-0.2, -0.15) is 5.10 Å². The first-order valence-electron chi connectivity index (χ1n) is 7.09. The maximum atomic E-state index is 12.7. The Bertz CT molecular complexity index is 535. The fraction of sp³-hybridized carbons (Fsp3) is 0.562. The predicted octanol–water partition coefficient (Wildman–Crippen LogP) is 3.48. The number of carbonyl (C=O) groups excluding carboxylic acids is 1. The summed E-state index contributed by atoms with van der Waals surface area (Å²) in [7, 11) is 0. The van der Waals surface area contributed by atoms with E-state index in [9.17, 15) is 4.79 Å². The molecule has 1 aliphatic rings. The number of rotatable bonds is 3. The van der Waals surface area contributed by atoms with E-state index in [2.05, 4.69) is 35.2 Å². The number of hydrogen-bond acceptors (Lipinski definition) is 3. The Balaban J connectivity index is 2.42. The van der Waals surface area contributed by atoms with Gasteiger partial charge in [0.15, 0.2) is 5.78 Å². The molecular formula is C16H23N3O. The average Bonchev–Trinajstić information content (AvgIpc) is 2.88. The van der Waals surface area contributed by atoms with Crippen LogP contribution in [0.4, 0.5) is 0 Å². The van der Waals surface area contributed by atoms with Gasteiger partial charge < -0.3 is 0 Å². The Morgan fingerprint density at radius 2 is 2.10 bits per heavy atom. The van der Waals surface area contributed by atoms with Crippen LogP contribution in [0.2, 0.25) is 0 Å². The van der Waals surface area contributed by atoms with E-state index >= 15 is 0 Å². The molecule has 20 heavy (non-hydrogen) atoms. The third kappa shape index (κ3) is 3.24. The van der Waals surface area contributed by atoms with Gasteiger partial charge in [0.2, 0.25) is 0 Å². The Labute approximate surface area is 120 Å². The van der Waals surface area contributed by atoms with E-state index in [1.54, 1.807) is 11.0 Å². The van der Waals surface area contributed by atoms with Gasteiger partial charge in [-0.3, -0.25) is 4.79 Å². The zero-order chi connectivity index (χ0) is 14.8. The van der Waals surface area contributed by atoms with Crippen molar-refractivity contribution in [3.63, 3.8) is 0 Å². The number of nitrogens with zero attached hydrogens (tertiary/aromatic N) is 3. The van der Waals surface area contributed by atoms with Crippen LogP contribution in [-0.4, -0.2) is 20.5 Å². The molecule has 108 valence electrons. The highest BCUT2D eigenvalue weighted by Crippen LogP contribution is 2.36. The van der Waals surface area contributed by atoms with Crippen LogP contribution in [0.25, 0.3) is 5.70 Å². The lowest BCUT2D eigenvalue weighted by Gasteiger charge is -2.29. The molecule has 0 saturated carbocycles. The lowest BCUT2D eigenvalue weighted by atomic mass is 9.77. The maximum absolute atomic E-state index is 12.7. The molecule has 4 heteroatoms. The summed E-state index contributed by atoms with van der Waals surface area (Å²) in [5, 5.41) is 4.15. The molecule has 0 N–H and O–H groups in total. The van der Waals surface area contributed by atoms with Gasteiger partial charge in [0.05, 0.1) is 0 Å². The van der Waals surface area contributed by atoms with Crippen molar-refractivity contribution in [1.82, 2.24) is 14.8 Å². The first-order chi connectivity index (χ1) is 9.32. The molecular weight excluding hydrogens is 250 g/mol. The SMILES string of the molecule is CC1(C=C(C(=O)C(C)(C)C)n2cncn2)CC=CCC1. The summed E-state index contributed by atoms with van der Waals surface area (Å²) >= 11 is 0. The molecule has 0 saturated heterocycles. The molecule has 1 heterocycles. The quantitative estimate of drug-likeness (QED) is 0.625. The van der Waals surface area contributed by atoms with Crippen molar-refractivity contribution < 1.29 is 4.79 Å². The van der Waals surface area contributed by atoms with Crippen molar-refractivity contribution in [3.05, 3.63) is 30.9 Å². The average molecular weight is 273 g/mol. The molecule has 0 aliphatic heterocycles. The van der Waals surface area contributed by atoms with Crippen molar-refractivity contribution in [3.8, 4) is 0 Å². The van der Waals surface area contributed by atoms with Crippen LogP contribution in [-0.2, 0) is 4.79 Å². The number of carbonyl (C=O) groups is 1. The second-order valence-corrected chi connectivity index (χ2v) is 6.82. The van der Waals surface area contributed by atoms with Gasteiger partial charge in [-0.15, -0.1) is 0 Å². The van der Waals surface area contributed by atoms with Crippen molar-refractivity contribution in [2.45, 2.75) is 47.0 Å². The minimum atomic E-state index is -0.432. The summed E-state index contributed by atoms with van der Waals surface area (Å²) in [4.78, 5) is 16.7. The van der Waals surface area contributed by atoms with Crippen molar-refractivity contribution >= 4 is 11.5 Å². The van der Waals surface area contributed by atoms with E-state index in [1.165, 1.54) is 6.33 Å². The van der Waals surface area contributed by atoms with Crippen molar-refractivity contribution in [2.24, 2.45) is 10.8 Å². The van der Waals surface area contributed by atoms with Crippen LogP contribution < -0.4 is 0 Å². The summed E-state index contributed by atoms with van der Waals surface area (Å²) in [6, 6.07) is 0. The van der Waals surface area contributed by atoms with Crippen LogP contribution >= 0.6 is 0 Å². The topological polar surface area (TPSA) is 47.8 Å². The molecule has 0 fully saturated rings. The summed E-state index contributed by atoms with van der Waals surface area (Å²) in [6.45, 7) is 8.00. The molecule has 2 rings (SSSR count). The molecule has 4 nitrogen and oxygen atoms in total. The number of Topliss-reactive ketones (excluding diaryl/α,β-unsaturated/α-hetero) is 1. The predicted molar refractivity (Wildman–Crippen MR) is 79.9 cm³/mol. The van der Waals surface area contributed by atoms with E-state index in [0.29, 0.717) is 5.70 Å². The molecule has 0 amide bonds. The third-order valence-electron chi connectivity index (χ3n) is 3.70. The minimum Gasteiger partial charge on any atom is -0.292 e. The molecule has 1 aromatic heterocycles. The van der Waals surface area contributed by atoms with Gasteiger partial charge >= 0.3 is 0 Å². The Morgan fingerprint density at radius 3 is 2.60 bits per heavy atom. The van der Waals surface area contributed by atoms with E-state index in [1.807, 2.05) is 20.8 Å². The van der Waals surface area contributed by atoms with Gasteiger partial charge in [-0.05, 0) is 30.8 Å². The Hall–Kier alpha value is -1.71. The van der Waals surface area contributed by atoms with Crippen molar-refractivity contribution in [1.29, 1.82) is 0 Å². The Kier molecular flexibility index (Phi) is 3.93. The second kappa shape index (κ2) is 5.35. The number of allylic oxidation sites excluding steroid dienone is 4. The van der Waals surface area contributed by atoms with Crippen LogP contribution in [0, 0.1) is 10.8 Å². The molecule has 0 aromatic carbocycles. The second-order valence-electron chi connectivity index (χ2n) is 6.82. The number of ketones is 1. The monoisotopic (exact) mass is 273 g/mol. The maximum Gasteiger partial charge on any atom is 0.186 e. The van der Waals surface area contributed by atoms with Gasteiger partial charge in [0.25, 0.3) is 0 Å². The Morgan fingerprint density at radius 1 is 1.35 bits per heavy atom.